The van der Waals surface area contributed by atoms with Crippen LogP contribution in [0.15, 0.2) is 59.6 Å². The van der Waals surface area contributed by atoms with Crippen LogP contribution in [-0.4, -0.2) is 34.0 Å². The van der Waals surface area contributed by atoms with Gasteiger partial charge in [-0.1, -0.05) is 31.4 Å². The monoisotopic (exact) mass is 446 g/mol. The number of anilines is 1. The molecule has 1 saturated carbocycles. The minimum Gasteiger partial charge on any atom is -0.497 e. The number of methoxy groups -OCH3 is 1. The molecule has 0 aliphatic heterocycles. The summed E-state index contributed by atoms with van der Waals surface area (Å²) < 4.78 is 5.24. The van der Waals surface area contributed by atoms with Crippen molar-refractivity contribution in [3.63, 3.8) is 0 Å². The molecule has 9 heteroatoms. The second kappa shape index (κ2) is 10.1. The average Bonchev–Trinajstić information content (AvgIpc) is 2.84. The van der Waals surface area contributed by atoms with Crippen LogP contribution in [0.1, 0.15) is 32.1 Å². The minimum atomic E-state index is -0.428. The van der Waals surface area contributed by atoms with Crippen molar-refractivity contribution in [1.82, 2.24) is 9.97 Å². The Bertz CT molecular complexity index is 1160. The number of ether oxygens (including phenoxy) is 1. The van der Waals surface area contributed by atoms with E-state index in [1.54, 1.807) is 25.3 Å². The van der Waals surface area contributed by atoms with Crippen molar-refractivity contribution in [3.05, 3.63) is 64.7 Å². The lowest BCUT2D eigenvalue weighted by Gasteiger charge is -2.18. The molecule has 1 fully saturated rings. The summed E-state index contributed by atoms with van der Waals surface area (Å²) in [5, 5.41) is 14.3. The smallest absolute Gasteiger partial charge is 0.270 e. The first-order valence-corrected chi connectivity index (χ1v) is 10.9. The first-order valence-electron chi connectivity index (χ1n) is 10.9. The van der Waals surface area contributed by atoms with Gasteiger partial charge >= 0.3 is 0 Å². The lowest BCUT2D eigenvalue weighted by Crippen LogP contribution is -2.27. The standard InChI is InChI=1S/C24H26N6O3/c1-33-20-12-10-16(11-13-20)21-15-22(17-6-5-9-19(14-17)30(31)32)28-24(27-21)29-23(25)26-18-7-3-2-4-8-18/h5-6,9-15,18H,2-4,7-8H2,1H3,(H3,25,26,27,28,29). The van der Waals surface area contributed by atoms with Gasteiger partial charge < -0.3 is 10.5 Å². The summed E-state index contributed by atoms with van der Waals surface area (Å²) in [6.07, 6.45) is 5.59. The van der Waals surface area contributed by atoms with Gasteiger partial charge in [-0.3, -0.25) is 15.4 Å². The second-order valence-electron chi connectivity index (χ2n) is 7.93. The molecule has 170 valence electrons. The fourth-order valence-electron chi connectivity index (χ4n) is 3.89. The first kappa shape index (κ1) is 22.2. The lowest BCUT2D eigenvalue weighted by atomic mass is 9.96. The predicted octanol–water partition coefficient (Wildman–Crippen LogP) is 4.79. The summed E-state index contributed by atoms with van der Waals surface area (Å²) in [5.74, 6) is 1.27. The SMILES string of the molecule is COc1ccc(-c2cc(-c3cccc([N+](=O)[O-])c3)nc(NC(N)=NC3CCCCC3)n2)cc1. The molecule has 0 amide bonds. The average molecular weight is 447 g/mol. The highest BCUT2D eigenvalue weighted by atomic mass is 16.6. The summed E-state index contributed by atoms with van der Waals surface area (Å²) in [5.41, 5.74) is 8.78. The summed E-state index contributed by atoms with van der Waals surface area (Å²) in [6.45, 7) is 0. The van der Waals surface area contributed by atoms with Gasteiger partial charge in [-0.15, -0.1) is 0 Å². The van der Waals surface area contributed by atoms with E-state index in [9.17, 15) is 10.1 Å². The zero-order valence-electron chi connectivity index (χ0n) is 18.4. The van der Waals surface area contributed by atoms with Crippen LogP contribution in [-0.2, 0) is 0 Å². The molecule has 0 unspecified atom stereocenters. The number of aliphatic imine (C=N–C) groups is 1. The van der Waals surface area contributed by atoms with Crippen LogP contribution >= 0.6 is 0 Å². The van der Waals surface area contributed by atoms with Gasteiger partial charge in [0.15, 0.2) is 5.96 Å². The summed E-state index contributed by atoms with van der Waals surface area (Å²) >= 11 is 0. The fourth-order valence-corrected chi connectivity index (χ4v) is 3.89. The van der Waals surface area contributed by atoms with Crippen molar-refractivity contribution >= 4 is 17.6 Å². The Morgan fingerprint density at radius 2 is 1.76 bits per heavy atom. The zero-order valence-corrected chi connectivity index (χ0v) is 18.4. The molecule has 1 heterocycles. The minimum absolute atomic E-state index is 0.00927. The molecule has 0 bridgehead atoms. The van der Waals surface area contributed by atoms with Crippen LogP contribution in [0, 0.1) is 10.1 Å². The summed E-state index contributed by atoms with van der Waals surface area (Å²) in [6, 6.07) is 15.8. The van der Waals surface area contributed by atoms with Crippen LogP contribution in [0.3, 0.4) is 0 Å². The molecular weight excluding hydrogens is 420 g/mol. The molecule has 3 N–H and O–H groups in total. The molecule has 0 spiro atoms. The highest BCUT2D eigenvalue weighted by Crippen LogP contribution is 2.28. The maximum atomic E-state index is 11.3. The number of aromatic nitrogens is 2. The normalized spacial score (nSPS) is 14.6. The van der Waals surface area contributed by atoms with Crippen molar-refractivity contribution in [1.29, 1.82) is 0 Å². The number of nitrogens with zero attached hydrogens (tertiary/aromatic N) is 4. The molecule has 2 aromatic carbocycles. The third-order valence-corrected chi connectivity index (χ3v) is 5.60. The summed E-state index contributed by atoms with van der Waals surface area (Å²) in [4.78, 5) is 24.6. The van der Waals surface area contributed by atoms with Crippen molar-refractivity contribution in [2.45, 2.75) is 38.1 Å². The lowest BCUT2D eigenvalue weighted by molar-refractivity contribution is -0.384. The van der Waals surface area contributed by atoms with E-state index in [1.807, 2.05) is 24.3 Å². The van der Waals surface area contributed by atoms with E-state index < -0.39 is 4.92 Å². The molecule has 33 heavy (non-hydrogen) atoms. The van der Waals surface area contributed by atoms with Crippen molar-refractivity contribution in [3.8, 4) is 28.3 Å². The number of nitro groups is 1. The van der Waals surface area contributed by atoms with Crippen LogP contribution in [0.5, 0.6) is 5.75 Å². The Labute approximate surface area is 191 Å². The Morgan fingerprint density at radius 1 is 1.06 bits per heavy atom. The number of guanidine groups is 1. The number of benzene rings is 2. The highest BCUT2D eigenvalue weighted by molar-refractivity contribution is 5.91. The van der Waals surface area contributed by atoms with E-state index in [-0.39, 0.29) is 23.6 Å². The second-order valence-corrected chi connectivity index (χ2v) is 7.93. The third-order valence-electron chi connectivity index (χ3n) is 5.60. The molecule has 9 nitrogen and oxygen atoms in total. The zero-order chi connectivity index (χ0) is 23.2. The van der Waals surface area contributed by atoms with Crippen LogP contribution in [0.4, 0.5) is 11.6 Å². The van der Waals surface area contributed by atoms with Gasteiger partial charge in [0.2, 0.25) is 5.95 Å². The van der Waals surface area contributed by atoms with Gasteiger partial charge in [-0.05, 0) is 43.2 Å². The first-order chi connectivity index (χ1) is 16.0. The van der Waals surface area contributed by atoms with E-state index in [2.05, 4.69) is 20.3 Å². The van der Waals surface area contributed by atoms with E-state index in [0.29, 0.717) is 17.0 Å². The van der Waals surface area contributed by atoms with Crippen LogP contribution in [0.2, 0.25) is 0 Å². The number of rotatable bonds is 6. The number of nitrogens with one attached hydrogen (secondary N) is 1. The summed E-state index contributed by atoms with van der Waals surface area (Å²) in [7, 11) is 1.61. The topological polar surface area (TPSA) is 129 Å². The fraction of sp³-hybridized carbons (Fsp3) is 0.292. The predicted molar refractivity (Wildman–Crippen MR) is 128 cm³/mol. The Morgan fingerprint density at radius 3 is 2.42 bits per heavy atom. The van der Waals surface area contributed by atoms with Gasteiger partial charge in [0.25, 0.3) is 5.69 Å². The van der Waals surface area contributed by atoms with Crippen LogP contribution < -0.4 is 15.8 Å². The molecule has 0 radical (unpaired) electrons. The maximum absolute atomic E-state index is 11.3. The Balaban J connectivity index is 1.71. The number of hydrogen-bond acceptors (Lipinski definition) is 6. The van der Waals surface area contributed by atoms with Gasteiger partial charge in [-0.2, -0.15) is 0 Å². The molecule has 3 aromatic rings. The van der Waals surface area contributed by atoms with E-state index in [1.165, 1.54) is 18.6 Å². The van der Waals surface area contributed by atoms with Gasteiger partial charge in [0.05, 0.1) is 29.5 Å². The molecule has 0 atom stereocenters. The van der Waals surface area contributed by atoms with Crippen molar-refractivity contribution in [2.24, 2.45) is 10.7 Å². The molecule has 1 aliphatic carbocycles. The molecule has 4 rings (SSSR count). The highest BCUT2D eigenvalue weighted by Gasteiger charge is 2.15. The number of nitro benzene ring substituents is 1. The van der Waals surface area contributed by atoms with Crippen molar-refractivity contribution in [2.75, 3.05) is 12.4 Å². The van der Waals surface area contributed by atoms with E-state index in [4.69, 9.17) is 10.5 Å². The molecule has 0 saturated heterocycles. The maximum Gasteiger partial charge on any atom is 0.270 e. The van der Waals surface area contributed by atoms with E-state index >= 15 is 0 Å². The van der Waals surface area contributed by atoms with Gasteiger partial charge in [0.1, 0.15) is 5.75 Å². The largest absolute Gasteiger partial charge is 0.497 e. The van der Waals surface area contributed by atoms with E-state index in [0.717, 1.165) is 37.0 Å². The number of nitrogens with two attached hydrogens (primary N) is 1. The molecule has 1 aliphatic rings. The molecule has 1 aromatic heterocycles. The van der Waals surface area contributed by atoms with Crippen molar-refractivity contribution < 1.29 is 9.66 Å². The Hall–Kier alpha value is -4.01. The number of non-ortho nitro benzene ring substituents is 1. The number of hydrogen-bond donors (Lipinski definition) is 2. The molecular formula is C24H26N6O3. The van der Waals surface area contributed by atoms with Gasteiger partial charge in [0, 0.05) is 23.3 Å². The quantitative estimate of drug-likeness (QED) is 0.241. The third kappa shape index (κ3) is 5.62. The van der Waals surface area contributed by atoms with Crippen LogP contribution in [0.25, 0.3) is 22.5 Å². The van der Waals surface area contributed by atoms with Gasteiger partial charge in [-0.25, -0.2) is 15.0 Å². The Kier molecular flexibility index (Phi) is 6.77.